The number of nitrogens with one attached hydrogen (secondary N) is 1. The lowest BCUT2D eigenvalue weighted by Crippen LogP contribution is -2.29. The van der Waals surface area contributed by atoms with E-state index < -0.39 is 0 Å². The zero-order valence-corrected chi connectivity index (χ0v) is 13.5. The summed E-state index contributed by atoms with van der Waals surface area (Å²) < 4.78 is 0. The van der Waals surface area contributed by atoms with Crippen LogP contribution in [0, 0.1) is 0 Å². The average Bonchev–Trinajstić information content (AvgIpc) is 3.15. The van der Waals surface area contributed by atoms with Crippen LogP contribution in [-0.4, -0.2) is 12.0 Å². The van der Waals surface area contributed by atoms with Crippen LogP contribution >= 0.6 is 0 Å². The fraction of sp³-hybridized carbons (Fsp3) is 0.0909. The minimum Gasteiger partial charge on any atom is -0.363 e. The van der Waals surface area contributed by atoms with Gasteiger partial charge < -0.3 is 9.88 Å². The molecular weight excluding hydrogens is 292 g/mol. The molecule has 1 N–H and O–H groups in total. The van der Waals surface area contributed by atoms with Crippen LogP contribution in [-0.2, 0) is 0 Å². The molecule has 0 fully saturated rings. The minimum absolute atomic E-state index is 0.203. The lowest BCUT2D eigenvalue weighted by atomic mass is 9.85. The molecule has 0 amide bonds. The zero-order chi connectivity index (χ0) is 16.1. The van der Waals surface area contributed by atoms with Gasteiger partial charge in [0.25, 0.3) is 0 Å². The third-order valence-electron chi connectivity index (χ3n) is 5.10. The molecule has 0 bridgehead atoms. The molecule has 116 valence electrons. The number of hydrogen-bond acceptors (Lipinski definition) is 1. The largest absolute Gasteiger partial charge is 0.363 e. The second-order valence-corrected chi connectivity index (χ2v) is 6.41. The Morgan fingerprint density at radius 2 is 1.62 bits per heavy atom. The first-order chi connectivity index (χ1) is 11.8. The molecule has 3 aromatic carbocycles. The molecule has 2 heterocycles. The maximum absolute atomic E-state index is 3.42. The molecule has 1 aromatic heterocycles. The molecular formula is C22H18N2. The van der Waals surface area contributed by atoms with Crippen molar-refractivity contribution in [3.63, 3.8) is 0 Å². The van der Waals surface area contributed by atoms with Gasteiger partial charge in [0.05, 0.1) is 11.7 Å². The van der Waals surface area contributed by atoms with Crippen LogP contribution in [0.3, 0.4) is 0 Å². The smallest absolute Gasteiger partial charge is 0.0947 e. The molecule has 2 nitrogen and oxygen atoms in total. The van der Waals surface area contributed by atoms with E-state index in [0.717, 1.165) is 0 Å². The van der Waals surface area contributed by atoms with Crippen LogP contribution < -0.4 is 4.90 Å². The molecule has 0 radical (unpaired) electrons. The van der Waals surface area contributed by atoms with Crippen molar-refractivity contribution in [3.8, 4) is 11.1 Å². The van der Waals surface area contributed by atoms with Crippen LogP contribution in [0.15, 0.2) is 79.0 Å². The highest BCUT2D eigenvalue weighted by Crippen LogP contribution is 2.48. The van der Waals surface area contributed by atoms with Crippen molar-refractivity contribution in [3.05, 3.63) is 90.3 Å². The maximum atomic E-state index is 3.42. The Morgan fingerprint density at radius 3 is 2.50 bits per heavy atom. The summed E-state index contributed by atoms with van der Waals surface area (Å²) >= 11 is 0. The van der Waals surface area contributed by atoms with Crippen LogP contribution in [0.1, 0.15) is 17.3 Å². The second kappa shape index (κ2) is 5.00. The van der Waals surface area contributed by atoms with Gasteiger partial charge in [-0.05, 0) is 28.6 Å². The summed E-state index contributed by atoms with van der Waals surface area (Å²) in [5.74, 6) is 0. The van der Waals surface area contributed by atoms with Gasteiger partial charge in [-0.25, -0.2) is 0 Å². The fourth-order valence-corrected chi connectivity index (χ4v) is 4.06. The van der Waals surface area contributed by atoms with E-state index in [1.165, 1.54) is 38.8 Å². The van der Waals surface area contributed by atoms with E-state index in [-0.39, 0.29) is 6.04 Å². The van der Waals surface area contributed by atoms with Crippen LogP contribution in [0.2, 0.25) is 0 Å². The van der Waals surface area contributed by atoms with E-state index in [1.54, 1.807) is 0 Å². The van der Waals surface area contributed by atoms with Crippen molar-refractivity contribution in [2.45, 2.75) is 6.04 Å². The van der Waals surface area contributed by atoms with Gasteiger partial charge in [-0.3, -0.25) is 0 Å². The van der Waals surface area contributed by atoms with Gasteiger partial charge >= 0.3 is 0 Å². The van der Waals surface area contributed by atoms with Crippen molar-refractivity contribution < 1.29 is 0 Å². The van der Waals surface area contributed by atoms with Crippen molar-refractivity contribution in [1.29, 1.82) is 0 Å². The molecule has 0 spiro atoms. The first-order valence-electron chi connectivity index (χ1n) is 8.32. The lowest BCUT2D eigenvalue weighted by Gasteiger charge is -2.38. The molecule has 5 rings (SSSR count). The summed E-state index contributed by atoms with van der Waals surface area (Å²) in [4.78, 5) is 5.82. The van der Waals surface area contributed by atoms with Gasteiger partial charge in [0.2, 0.25) is 0 Å². The quantitative estimate of drug-likeness (QED) is 0.500. The van der Waals surface area contributed by atoms with Gasteiger partial charge in [-0.2, -0.15) is 0 Å². The number of aromatic amines is 1. The first-order valence-corrected chi connectivity index (χ1v) is 8.32. The van der Waals surface area contributed by atoms with Gasteiger partial charge in [0, 0.05) is 29.9 Å². The van der Waals surface area contributed by atoms with Gasteiger partial charge in [-0.1, -0.05) is 60.7 Å². The summed E-state index contributed by atoms with van der Waals surface area (Å²) in [5, 5.41) is 2.59. The Balaban J connectivity index is 1.88. The SMILES string of the molecule is CN1c2c(ccc3ccccc23)-c2ccccc2C1c1ccc[nH]1. The Bertz CT molecular complexity index is 1030. The molecule has 1 unspecified atom stereocenters. The summed E-state index contributed by atoms with van der Waals surface area (Å²) in [6, 6.07) is 26.3. The van der Waals surface area contributed by atoms with E-state index >= 15 is 0 Å². The van der Waals surface area contributed by atoms with Crippen molar-refractivity contribution in [1.82, 2.24) is 4.98 Å². The molecule has 1 aliphatic rings. The standard InChI is InChI=1S/C22H18N2/c1-24-21-16-8-3-2-7-15(16)12-13-19(21)17-9-4-5-10-18(17)22(24)20-11-6-14-23-20/h2-14,22-23H,1H3. The molecule has 4 aromatic rings. The van der Waals surface area contributed by atoms with Crippen LogP contribution in [0.25, 0.3) is 21.9 Å². The maximum Gasteiger partial charge on any atom is 0.0947 e. The number of aromatic nitrogens is 1. The summed E-state index contributed by atoms with van der Waals surface area (Å²) in [6.45, 7) is 0. The van der Waals surface area contributed by atoms with E-state index in [9.17, 15) is 0 Å². The van der Waals surface area contributed by atoms with Crippen molar-refractivity contribution in [2.24, 2.45) is 0 Å². The Kier molecular flexibility index (Phi) is 2.80. The zero-order valence-electron chi connectivity index (χ0n) is 13.5. The predicted octanol–water partition coefficient (Wildman–Crippen LogP) is 5.37. The molecule has 0 saturated carbocycles. The highest BCUT2D eigenvalue weighted by atomic mass is 15.2. The van der Waals surface area contributed by atoms with Gasteiger partial charge in [0.15, 0.2) is 0 Å². The summed E-state index contributed by atoms with van der Waals surface area (Å²) in [5.41, 5.74) is 6.53. The number of hydrogen-bond donors (Lipinski definition) is 1. The number of anilines is 1. The van der Waals surface area contributed by atoms with Gasteiger partial charge in [-0.15, -0.1) is 0 Å². The van der Waals surface area contributed by atoms with E-state index in [4.69, 9.17) is 0 Å². The predicted molar refractivity (Wildman–Crippen MR) is 100 cm³/mol. The second-order valence-electron chi connectivity index (χ2n) is 6.41. The van der Waals surface area contributed by atoms with Crippen LogP contribution in [0.4, 0.5) is 5.69 Å². The Hall–Kier alpha value is -3.00. The fourth-order valence-electron chi connectivity index (χ4n) is 4.06. The highest BCUT2D eigenvalue weighted by Gasteiger charge is 2.31. The minimum atomic E-state index is 0.203. The number of nitrogens with zero attached hydrogens (tertiary/aromatic N) is 1. The number of benzene rings is 3. The monoisotopic (exact) mass is 310 g/mol. The molecule has 0 saturated heterocycles. The third-order valence-corrected chi connectivity index (χ3v) is 5.10. The van der Waals surface area contributed by atoms with Crippen molar-refractivity contribution >= 4 is 16.5 Å². The average molecular weight is 310 g/mol. The van der Waals surface area contributed by atoms with E-state index in [0.29, 0.717) is 0 Å². The lowest BCUT2D eigenvalue weighted by molar-refractivity contribution is 0.756. The van der Waals surface area contributed by atoms with E-state index in [2.05, 4.69) is 89.7 Å². The van der Waals surface area contributed by atoms with Gasteiger partial charge in [0.1, 0.15) is 0 Å². The van der Waals surface area contributed by atoms with Crippen LogP contribution in [0.5, 0.6) is 0 Å². The normalized spacial score (nSPS) is 16.0. The highest BCUT2D eigenvalue weighted by molar-refractivity contribution is 6.04. The Morgan fingerprint density at radius 1 is 0.792 bits per heavy atom. The Labute approximate surface area is 141 Å². The van der Waals surface area contributed by atoms with Crippen molar-refractivity contribution in [2.75, 3.05) is 11.9 Å². The number of fused-ring (bicyclic) bond motifs is 5. The molecule has 24 heavy (non-hydrogen) atoms. The topological polar surface area (TPSA) is 19.0 Å². The summed E-state index contributed by atoms with van der Waals surface area (Å²) in [6.07, 6.45) is 2.00. The van der Waals surface area contributed by atoms with E-state index in [1.807, 2.05) is 6.20 Å². The molecule has 0 aliphatic carbocycles. The molecule has 1 aliphatic heterocycles. The number of H-pyrrole nitrogens is 1. The molecule has 2 heteroatoms. The summed E-state index contributed by atoms with van der Waals surface area (Å²) in [7, 11) is 2.20. The number of rotatable bonds is 1. The molecule has 1 atom stereocenters. The third kappa shape index (κ3) is 1.77. The first kappa shape index (κ1) is 13.4.